The SMILES string of the molecule is O=C(CC1CC2CCC(C1)N2)NCc1ncn[nH]1. The normalized spacial score (nSPS) is 30.3. The molecule has 6 heteroatoms. The van der Waals surface area contributed by atoms with Crippen LogP contribution in [0, 0.1) is 5.92 Å². The molecule has 2 bridgehead atoms. The van der Waals surface area contributed by atoms with E-state index in [1.165, 1.54) is 19.2 Å². The number of carbonyl (C=O) groups is 1. The molecule has 6 nitrogen and oxygen atoms in total. The number of rotatable bonds is 4. The average Bonchev–Trinajstić information content (AvgIpc) is 2.97. The van der Waals surface area contributed by atoms with E-state index in [1.807, 2.05) is 0 Å². The predicted molar refractivity (Wildman–Crippen MR) is 65.5 cm³/mol. The maximum Gasteiger partial charge on any atom is 0.220 e. The molecule has 0 aromatic carbocycles. The summed E-state index contributed by atoms with van der Waals surface area (Å²) in [5, 5.41) is 13.0. The summed E-state index contributed by atoms with van der Waals surface area (Å²) in [7, 11) is 0. The van der Waals surface area contributed by atoms with Crippen LogP contribution in [-0.2, 0) is 11.3 Å². The molecule has 0 spiro atoms. The number of fused-ring (bicyclic) bond motifs is 2. The van der Waals surface area contributed by atoms with E-state index in [9.17, 15) is 4.79 Å². The van der Waals surface area contributed by atoms with Gasteiger partial charge in [-0.3, -0.25) is 9.89 Å². The zero-order chi connectivity index (χ0) is 12.4. The van der Waals surface area contributed by atoms with Crippen LogP contribution in [0.25, 0.3) is 0 Å². The van der Waals surface area contributed by atoms with Crippen molar-refractivity contribution < 1.29 is 4.79 Å². The summed E-state index contributed by atoms with van der Waals surface area (Å²) in [6.45, 7) is 0.441. The van der Waals surface area contributed by atoms with Crippen LogP contribution < -0.4 is 10.6 Å². The van der Waals surface area contributed by atoms with Crippen molar-refractivity contribution >= 4 is 5.91 Å². The molecule has 2 aliphatic rings. The van der Waals surface area contributed by atoms with Gasteiger partial charge in [-0.05, 0) is 31.6 Å². The average molecular weight is 249 g/mol. The maximum atomic E-state index is 11.8. The Labute approximate surface area is 106 Å². The van der Waals surface area contributed by atoms with Crippen LogP contribution in [0.15, 0.2) is 6.33 Å². The van der Waals surface area contributed by atoms with E-state index in [1.54, 1.807) is 0 Å². The van der Waals surface area contributed by atoms with Crippen LogP contribution in [0.3, 0.4) is 0 Å². The largest absolute Gasteiger partial charge is 0.349 e. The van der Waals surface area contributed by atoms with Gasteiger partial charge in [0.15, 0.2) is 0 Å². The number of carbonyl (C=O) groups excluding carboxylic acids is 1. The Morgan fingerprint density at radius 1 is 1.39 bits per heavy atom. The number of nitrogens with zero attached hydrogens (tertiary/aromatic N) is 2. The van der Waals surface area contributed by atoms with Crippen LogP contribution in [-0.4, -0.2) is 33.2 Å². The van der Waals surface area contributed by atoms with E-state index in [0.717, 1.165) is 12.8 Å². The molecule has 3 rings (SSSR count). The Bertz CT molecular complexity index is 393. The molecule has 0 radical (unpaired) electrons. The van der Waals surface area contributed by atoms with E-state index in [4.69, 9.17) is 0 Å². The summed E-state index contributed by atoms with van der Waals surface area (Å²) in [6, 6.07) is 1.30. The third-order valence-corrected chi connectivity index (χ3v) is 3.96. The van der Waals surface area contributed by atoms with Crippen LogP contribution in [0.1, 0.15) is 37.9 Å². The van der Waals surface area contributed by atoms with Gasteiger partial charge < -0.3 is 10.6 Å². The van der Waals surface area contributed by atoms with E-state index < -0.39 is 0 Å². The lowest BCUT2D eigenvalue weighted by molar-refractivity contribution is -0.122. The van der Waals surface area contributed by atoms with Crippen molar-refractivity contribution in [3.63, 3.8) is 0 Å². The van der Waals surface area contributed by atoms with Gasteiger partial charge in [-0.15, -0.1) is 0 Å². The monoisotopic (exact) mass is 249 g/mol. The summed E-state index contributed by atoms with van der Waals surface area (Å²) < 4.78 is 0. The van der Waals surface area contributed by atoms with Gasteiger partial charge in [0.2, 0.25) is 5.91 Å². The molecule has 98 valence electrons. The second-order valence-corrected chi connectivity index (χ2v) is 5.39. The van der Waals surface area contributed by atoms with Crippen LogP contribution in [0.5, 0.6) is 0 Å². The van der Waals surface area contributed by atoms with Crippen molar-refractivity contribution in [1.29, 1.82) is 0 Å². The Hall–Kier alpha value is -1.43. The first-order valence-corrected chi connectivity index (χ1v) is 6.66. The smallest absolute Gasteiger partial charge is 0.220 e. The minimum Gasteiger partial charge on any atom is -0.349 e. The number of piperidine rings is 1. The number of aromatic nitrogens is 3. The molecule has 2 aliphatic heterocycles. The fourth-order valence-electron chi connectivity index (χ4n) is 3.17. The van der Waals surface area contributed by atoms with Gasteiger partial charge in [-0.2, -0.15) is 5.10 Å². The molecule has 2 fully saturated rings. The second-order valence-electron chi connectivity index (χ2n) is 5.39. The van der Waals surface area contributed by atoms with E-state index in [2.05, 4.69) is 25.8 Å². The highest BCUT2D eigenvalue weighted by atomic mass is 16.1. The van der Waals surface area contributed by atoms with Crippen molar-refractivity contribution in [2.45, 2.75) is 50.7 Å². The molecule has 1 amide bonds. The molecule has 0 aliphatic carbocycles. The van der Waals surface area contributed by atoms with Crippen molar-refractivity contribution in [3.8, 4) is 0 Å². The van der Waals surface area contributed by atoms with Gasteiger partial charge in [-0.1, -0.05) is 0 Å². The molecule has 2 saturated heterocycles. The first-order valence-electron chi connectivity index (χ1n) is 6.66. The zero-order valence-electron chi connectivity index (χ0n) is 10.4. The number of aromatic amines is 1. The van der Waals surface area contributed by atoms with Gasteiger partial charge in [0.1, 0.15) is 12.2 Å². The van der Waals surface area contributed by atoms with Crippen molar-refractivity contribution in [3.05, 3.63) is 12.2 Å². The Balaban J connectivity index is 1.43. The highest BCUT2D eigenvalue weighted by Crippen LogP contribution is 2.32. The Kier molecular flexibility index (Phi) is 3.27. The molecule has 3 heterocycles. The number of hydrogen-bond donors (Lipinski definition) is 3. The molecule has 2 unspecified atom stereocenters. The molecular formula is C12H19N5O. The number of amides is 1. The van der Waals surface area contributed by atoms with Gasteiger partial charge in [0.25, 0.3) is 0 Å². The highest BCUT2D eigenvalue weighted by Gasteiger charge is 2.34. The van der Waals surface area contributed by atoms with Crippen LogP contribution in [0.4, 0.5) is 0 Å². The molecule has 2 atom stereocenters. The summed E-state index contributed by atoms with van der Waals surface area (Å²) in [4.78, 5) is 15.8. The van der Waals surface area contributed by atoms with Gasteiger partial charge >= 0.3 is 0 Å². The zero-order valence-corrected chi connectivity index (χ0v) is 10.4. The summed E-state index contributed by atoms with van der Waals surface area (Å²) in [6.07, 6.45) is 6.94. The first-order chi connectivity index (χ1) is 8.79. The summed E-state index contributed by atoms with van der Waals surface area (Å²) in [5.41, 5.74) is 0. The lowest BCUT2D eigenvalue weighted by Gasteiger charge is -2.28. The van der Waals surface area contributed by atoms with Gasteiger partial charge in [-0.25, -0.2) is 4.98 Å². The lowest BCUT2D eigenvalue weighted by atomic mass is 9.89. The summed E-state index contributed by atoms with van der Waals surface area (Å²) in [5.74, 6) is 1.37. The molecular weight excluding hydrogens is 230 g/mol. The molecule has 0 saturated carbocycles. The van der Waals surface area contributed by atoms with E-state index >= 15 is 0 Å². The fourth-order valence-corrected chi connectivity index (χ4v) is 3.17. The third kappa shape index (κ3) is 2.69. The highest BCUT2D eigenvalue weighted by molar-refractivity contribution is 5.76. The second kappa shape index (κ2) is 5.06. The minimum atomic E-state index is 0.123. The Morgan fingerprint density at radius 2 is 2.17 bits per heavy atom. The third-order valence-electron chi connectivity index (χ3n) is 3.96. The molecule has 1 aromatic rings. The van der Waals surface area contributed by atoms with Crippen LogP contribution in [0.2, 0.25) is 0 Å². The number of H-pyrrole nitrogens is 1. The summed E-state index contributed by atoms with van der Waals surface area (Å²) >= 11 is 0. The quantitative estimate of drug-likeness (QED) is 0.718. The predicted octanol–water partition coefficient (Wildman–Crippen LogP) is 0.342. The van der Waals surface area contributed by atoms with E-state index in [-0.39, 0.29) is 5.91 Å². The molecule has 3 N–H and O–H groups in total. The number of hydrogen-bond acceptors (Lipinski definition) is 4. The van der Waals surface area contributed by atoms with Crippen molar-refractivity contribution in [2.75, 3.05) is 0 Å². The van der Waals surface area contributed by atoms with Crippen molar-refractivity contribution in [1.82, 2.24) is 25.8 Å². The fraction of sp³-hybridized carbons (Fsp3) is 0.750. The topological polar surface area (TPSA) is 82.7 Å². The first kappa shape index (κ1) is 11.6. The molecule has 1 aromatic heterocycles. The maximum absolute atomic E-state index is 11.8. The van der Waals surface area contributed by atoms with Gasteiger partial charge in [0, 0.05) is 18.5 Å². The molecule has 18 heavy (non-hydrogen) atoms. The lowest BCUT2D eigenvalue weighted by Crippen LogP contribution is -2.39. The van der Waals surface area contributed by atoms with Crippen LogP contribution >= 0.6 is 0 Å². The van der Waals surface area contributed by atoms with Gasteiger partial charge in [0.05, 0.1) is 6.54 Å². The van der Waals surface area contributed by atoms with Crippen molar-refractivity contribution in [2.24, 2.45) is 5.92 Å². The standard InChI is InChI=1S/C12H19N5O/c18-12(13-6-11-14-7-15-17-11)5-8-3-9-1-2-10(4-8)16-9/h7-10,16H,1-6H2,(H,13,18)(H,14,15,17). The van der Waals surface area contributed by atoms with E-state index in [0.29, 0.717) is 36.8 Å². The minimum absolute atomic E-state index is 0.123. The number of nitrogens with one attached hydrogen (secondary N) is 3. The Morgan fingerprint density at radius 3 is 2.83 bits per heavy atom.